The maximum atomic E-state index is 11.8. The molecule has 0 unspecified atom stereocenters. The Hall–Kier alpha value is -2.47. The minimum absolute atomic E-state index is 0.0114. The van der Waals surface area contributed by atoms with Crippen molar-refractivity contribution in [3.63, 3.8) is 0 Å². The van der Waals surface area contributed by atoms with E-state index in [4.69, 9.17) is 4.74 Å². The number of ether oxygens (including phenoxy) is 1. The van der Waals surface area contributed by atoms with Crippen LogP contribution < -0.4 is 10.2 Å². The van der Waals surface area contributed by atoms with Crippen LogP contribution in [0.25, 0.3) is 0 Å². The van der Waals surface area contributed by atoms with Crippen molar-refractivity contribution in [2.24, 2.45) is 5.10 Å². The molecule has 5 nitrogen and oxygen atoms in total. The van der Waals surface area contributed by atoms with E-state index in [9.17, 15) is 9.90 Å². The monoisotopic (exact) mass is 358 g/mol. The van der Waals surface area contributed by atoms with E-state index in [0.717, 1.165) is 4.90 Å². The SMILES string of the molecule is CCOc1cccc(/C=N\NC(=O)CCSc2ccc(C)cc2)c1O. The predicted octanol–water partition coefficient (Wildman–Crippen LogP) is 3.73. The van der Waals surface area contributed by atoms with Gasteiger partial charge < -0.3 is 9.84 Å². The van der Waals surface area contributed by atoms with Crippen molar-refractivity contribution in [2.45, 2.75) is 25.2 Å². The standard InChI is InChI=1S/C19H22N2O3S/c1-3-24-17-6-4-5-15(19(17)23)13-20-21-18(22)11-12-25-16-9-7-14(2)8-10-16/h4-10,13,23H,3,11-12H2,1-2H3,(H,21,22)/b20-13-. The Kier molecular flexibility index (Phi) is 7.35. The average molecular weight is 358 g/mol. The maximum absolute atomic E-state index is 11.8. The molecule has 2 rings (SSSR count). The van der Waals surface area contributed by atoms with Crippen LogP contribution in [-0.4, -0.2) is 29.6 Å². The Morgan fingerprint density at radius 1 is 1.28 bits per heavy atom. The van der Waals surface area contributed by atoms with E-state index in [0.29, 0.717) is 30.1 Å². The van der Waals surface area contributed by atoms with Crippen LogP contribution in [-0.2, 0) is 4.79 Å². The van der Waals surface area contributed by atoms with Crippen LogP contribution in [0.1, 0.15) is 24.5 Å². The number of thioether (sulfide) groups is 1. The molecule has 0 bridgehead atoms. The van der Waals surface area contributed by atoms with E-state index in [1.54, 1.807) is 30.0 Å². The van der Waals surface area contributed by atoms with Crippen LogP contribution in [0, 0.1) is 6.92 Å². The first-order valence-corrected chi connectivity index (χ1v) is 9.05. The fraction of sp³-hybridized carbons (Fsp3) is 0.263. The lowest BCUT2D eigenvalue weighted by atomic mass is 10.2. The first kappa shape index (κ1) is 18.9. The van der Waals surface area contributed by atoms with Crippen molar-refractivity contribution < 1.29 is 14.6 Å². The summed E-state index contributed by atoms with van der Waals surface area (Å²) in [5.74, 6) is 0.913. The second-order valence-electron chi connectivity index (χ2n) is 5.33. The highest BCUT2D eigenvalue weighted by molar-refractivity contribution is 7.99. The van der Waals surface area contributed by atoms with Gasteiger partial charge in [-0.05, 0) is 38.1 Å². The van der Waals surface area contributed by atoms with Gasteiger partial charge in [0.1, 0.15) is 0 Å². The molecule has 0 saturated heterocycles. The summed E-state index contributed by atoms with van der Waals surface area (Å²) >= 11 is 1.63. The lowest BCUT2D eigenvalue weighted by Crippen LogP contribution is -2.17. The molecule has 2 N–H and O–H groups in total. The van der Waals surface area contributed by atoms with Gasteiger partial charge in [-0.25, -0.2) is 5.43 Å². The van der Waals surface area contributed by atoms with Gasteiger partial charge in [-0.1, -0.05) is 23.8 Å². The number of nitrogens with one attached hydrogen (secondary N) is 1. The van der Waals surface area contributed by atoms with Crippen molar-refractivity contribution in [2.75, 3.05) is 12.4 Å². The number of nitrogens with zero attached hydrogens (tertiary/aromatic N) is 1. The molecule has 2 aromatic carbocycles. The number of phenolic OH excluding ortho intramolecular Hbond substituents is 1. The fourth-order valence-corrected chi connectivity index (χ4v) is 2.89. The van der Waals surface area contributed by atoms with Gasteiger partial charge in [0.05, 0.1) is 12.8 Å². The lowest BCUT2D eigenvalue weighted by Gasteiger charge is -2.07. The van der Waals surface area contributed by atoms with E-state index in [1.165, 1.54) is 11.8 Å². The van der Waals surface area contributed by atoms with Crippen LogP contribution in [0.4, 0.5) is 0 Å². The summed E-state index contributed by atoms with van der Waals surface area (Å²) in [5, 5.41) is 13.9. The van der Waals surface area contributed by atoms with Gasteiger partial charge in [0.2, 0.25) is 5.91 Å². The quantitative estimate of drug-likeness (QED) is 0.428. The molecule has 0 radical (unpaired) electrons. The molecule has 0 aliphatic rings. The van der Waals surface area contributed by atoms with Crippen LogP contribution in [0.5, 0.6) is 11.5 Å². The Labute approximate surface area is 152 Å². The number of carbonyl (C=O) groups is 1. The van der Waals surface area contributed by atoms with E-state index < -0.39 is 0 Å². The van der Waals surface area contributed by atoms with Gasteiger partial charge in [0.15, 0.2) is 11.5 Å². The number of benzene rings is 2. The number of hydrazone groups is 1. The molecule has 0 aliphatic carbocycles. The summed E-state index contributed by atoms with van der Waals surface area (Å²) in [6.07, 6.45) is 1.77. The van der Waals surface area contributed by atoms with Crippen molar-refractivity contribution >= 4 is 23.9 Å². The minimum Gasteiger partial charge on any atom is -0.504 e. The highest BCUT2D eigenvalue weighted by atomic mass is 32.2. The van der Waals surface area contributed by atoms with Gasteiger partial charge in [-0.3, -0.25) is 4.79 Å². The Balaban J connectivity index is 1.78. The molecular weight excluding hydrogens is 336 g/mol. The molecule has 0 spiro atoms. The third-order valence-electron chi connectivity index (χ3n) is 3.34. The average Bonchev–Trinajstić information content (AvgIpc) is 2.60. The first-order valence-electron chi connectivity index (χ1n) is 8.06. The molecule has 6 heteroatoms. The molecule has 0 aromatic heterocycles. The number of para-hydroxylation sites is 1. The van der Waals surface area contributed by atoms with E-state index >= 15 is 0 Å². The molecule has 0 aliphatic heterocycles. The van der Waals surface area contributed by atoms with Gasteiger partial charge >= 0.3 is 0 Å². The number of rotatable bonds is 8. The first-order chi connectivity index (χ1) is 12.1. The predicted molar refractivity (Wildman–Crippen MR) is 102 cm³/mol. The summed E-state index contributed by atoms with van der Waals surface area (Å²) in [7, 11) is 0. The molecule has 0 saturated carbocycles. The third-order valence-corrected chi connectivity index (χ3v) is 4.36. The fourth-order valence-electron chi connectivity index (χ4n) is 2.04. The zero-order chi connectivity index (χ0) is 18.1. The number of carbonyl (C=O) groups excluding carboxylic acids is 1. The summed E-state index contributed by atoms with van der Waals surface area (Å²) in [6, 6.07) is 13.3. The third kappa shape index (κ3) is 6.15. The van der Waals surface area contributed by atoms with E-state index in [1.807, 2.05) is 26.0 Å². The highest BCUT2D eigenvalue weighted by Crippen LogP contribution is 2.28. The second kappa shape index (κ2) is 9.74. The van der Waals surface area contributed by atoms with E-state index in [-0.39, 0.29) is 11.7 Å². The van der Waals surface area contributed by atoms with E-state index in [2.05, 4.69) is 22.7 Å². The topological polar surface area (TPSA) is 70.9 Å². The largest absolute Gasteiger partial charge is 0.504 e. The smallest absolute Gasteiger partial charge is 0.240 e. The van der Waals surface area contributed by atoms with Crippen LogP contribution in [0.15, 0.2) is 52.5 Å². The van der Waals surface area contributed by atoms with Gasteiger partial charge in [-0.15, -0.1) is 11.8 Å². The zero-order valence-electron chi connectivity index (χ0n) is 14.4. The maximum Gasteiger partial charge on any atom is 0.240 e. The normalized spacial score (nSPS) is 10.8. The van der Waals surface area contributed by atoms with Crippen molar-refractivity contribution in [3.05, 3.63) is 53.6 Å². The Morgan fingerprint density at radius 2 is 2.04 bits per heavy atom. The van der Waals surface area contributed by atoms with Crippen molar-refractivity contribution in [1.82, 2.24) is 5.43 Å². The molecule has 0 atom stereocenters. The number of hydrogen-bond acceptors (Lipinski definition) is 5. The molecular formula is C19H22N2O3S. The second-order valence-corrected chi connectivity index (χ2v) is 6.50. The molecule has 132 valence electrons. The molecule has 2 aromatic rings. The lowest BCUT2D eigenvalue weighted by molar-refractivity contribution is -0.120. The van der Waals surface area contributed by atoms with Gasteiger partial charge in [0.25, 0.3) is 0 Å². The Morgan fingerprint density at radius 3 is 2.76 bits per heavy atom. The van der Waals surface area contributed by atoms with Gasteiger partial charge in [0, 0.05) is 22.6 Å². The number of aromatic hydroxyl groups is 1. The van der Waals surface area contributed by atoms with Crippen molar-refractivity contribution in [1.29, 1.82) is 0 Å². The Bertz CT molecular complexity index is 730. The minimum atomic E-state index is -0.170. The van der Waals surface area contributed by atoms with Crippen LogP contribution >= 0.6 is 11.8 Å². The summed E-state index contributed by atoms with van der Waals surface area (Å²) in [6.45, 7) is 4.35. The highest BCUT2D eigenvalue weighted by Gasteiger charge is 2.06. The number of amides is 1. The van der Waals surface area contributed by atoms with Crippen LogP contribution in [0.2, 0.25) is 0 Å². The number of hydrogen-bond donors (Lipinski definition) is 2. The molecule has 1 amide bonds. The molecule has 0 heterocycles. The summed E-state index contributed by atoms with van der Waals surface area (Å²) in [4.78, 5) is 12.9. The van der Waals surface area contributed by atoms with Crippen LogP contribution in [0.3, 0.4) is 0 Å². The molecule has 0 fully saturated rings. The van der Waals surface area contributed by atoms with Gasteiger partial charge in [-0.2, -0.15) is 5.10 Å². The van der Waals surface area contributed by atoms with Crippen molar-refractivity contribution in [3.8, 4) is 11.5 Å². The zero-order valence-corrected chi connectivity index (χ0v) is 15.2. The number of aryl methyl sites for hydroxylation is 1. The number of phenols is 1. The summed E-state index contributed by atoms with van der Waals surface area (Å²) < 4.78 is 5.31. The summed E-state index contributed by atoms with van der Waals surface area (Å²) in [5.41, 5.74) is 4.17. The molecule has 25 heavy (non-hydrogen) atoms.